The van der Waals surface area contributed by atoms with Crippen molar-refractivity contribution in [3.8, 4) is 0 Å². The van der Waals surface area contributed by atoms with Gasteiger partial charge in [-0.2, -0.15) is 0 Å². The lowest BCUT2D eigenvalue weighted by molar-refractivity contribution is 0.00578. The largest absolute Gasteiger partial charge is 0.488 e. The Morgan fingerprint density at radius 1 is 1.11 bits per heavy atom. The van der Waals surface area contributed by atoms with Crippen LogP contribution in [0.3, 0.4) is 0 Å². The van der Waals surface area contributed by atoms with Gasteiger partial charge < -0.3 is 19.0 Å². The SMILES string of the molecule is CC(C)C(C)(C)OB(O)B1OC(C)(C)C(C)(C)O1. The Hall–Kier alpha value is -0.0301. The second-order valence-electron chi connectivity index (χ2n) is 6.89. The summed E-state index contributed by atoms with van der Waals surface area (Å²) in [6, 6.07) is 0. The Bertz CT molecular complexity index is 286. The molecule has 0 aromatic rings. The predicted molar refractivity (Wildman–Crippen MR) is 74.1 cm³/mol. The summed E-state index contributed by atoms with van der Waals surface area (Å²) in [5.74, 6) is 0.287. The number of hydrogen-bond donors (Lipinski definition) is 1. The monoisotopic (exact) mass is 256 g/mol. The summed E-state index contributed by atoms with van der Waals surface area (Å²) in [4.78, 5) is 0. The van der Waals surface area contributed by atoms with Crippen molar-refractivity contribution in [2.75, 3.05) is 0 Å². The van der Waals surface area contributed by atoms with Crippen molar-refractivity contribution >= 4 is 14.0 Å². The zero-order valence-electron chi connectivity index (χ0n) is 12.9. The maximum atomic E-state index is 10.1. The van der Waals surface area contributed by atoms with Gasteiger partial charge in [0, 0.05) is 0 Å². The molecule has 0 bridgehead atoms. The highest BCUT2D eigenvalue weighted by Gasteiger charge is 2.57. The van der Waals surface area contributed by atoms with Gasteiger partial charge in [0.05, 0.1) is 16.8 Å². The van der Waals surface area contributed by atoms with Crippen LogP contribution in [0.25, 0.3) is 0 Å². The average molecular weight is 256 g/mol. The highest BCUT2D eigenvalue weighted by molar-refractivity contribution is 7.10. The highest BCUT2D eigenvalue weighted by atomic mass is 16.7. The highest BCUT2D eigenvalue weighted by Crippen LogP contribution is 2.37. The fourth-order valence-corrected chi connectivity index (χ4v) is 1.51. The van der Waals surface area contributed by atoms with Gasteiger partial charge in [0.25, 0.3) is 0 Å². The maximum Gasteiger partial charge on any atom is 0.488 e. The Morgan fingerprint density at radius 3 is 1.83 bits per heavy atom. The third-order valence-electron chi connectivity index (χ3n) is 4.32. The van der Waals surface area contributed by atoms with Crippen molar-refractivity contribution in [3.63, 3.8) is 0 Å². The summed E-state index contributed by atoms with van der Waals surface area (Å²) < 4.78 is 17.2. The van der Waals surface area contributed by atoms with E-state index < -0.39 is 30.8 Å². The van der Waals surface area contributed by atoms with Crippen LogP contribution in [0.1, 0.15) is 55.4 Å². The molecule has 0 radical (unpaired) electrons. The second kappa shape index (κ2) is 4.82. The smallest absolute Gasteiger partial charge is 0.429 e. The molecule has 1 fully saturated rings. The molecule has 6 heteroatoms. The molecule has 0 amide bonds. The number of hydrogen-bond acceptors (Lipinski definition) is 4. The van der Waals surface area contributed by atoms with Crippen LogP contribution >= 0.6 is 0 Å². The minimum absolute atomic E-state index is 0.287. The second-order valence-corrected chi connectivity index (χ2v) is 6.89. The van der Waals surface area contributed by atoms with Crippen LogP contribution in [-0.4, -0.2) is 35.8 Å². The van der Waals surface area contributed by atoms with E-state index >= 15 is 0 Å². The van der Waals surface area contributed by atoms with E-state index in [0.717, 1.165) is 0 Å². The Balaban J connectivity index is 2.69. The fraction of sp³-hybridized carbons (Fsp3) is 1.00. The molecule has 0 aliphatic carbocycles. The summed E-state index contributed by atoms with van der Waals surface area (Å²) in [5, 5.41) is 10.1. The molecular formula is C12H26B2O4. The molecule has 1 saturated heterocycles. The van der Waals surface area contributed by atoms with Crippen molar-refractivity contribution < 1.29 is 19.0 Å². The van der Waals surface area contributed by atoms with Gasteiger partial charge in [-0.1, -0.05) is 13.8 Å². The van der Waals surface area contributed by atoms with Crippen LogP contribution in [0.15, 0.2) is 0 Å². The summed E-state index contributed by atoms with van der Waals surface area (Å²) in [6.45, 7) is 15.8. The van der Waals surface area contributed by atoms with Gasteiger partial charge in [-0.3, -0.25) is 0 Å². The molecule has 1 aliphatic heterocycles. The van der Waals surface area contributed by atoms with E-state index in [1.54, 1.807) is 0 Å². The van der Waals surface area contributed by atoms with E-state index in [9.17, 15) is 5.02 Å². The van der Waals surface area contributed by atoms with Gasteiger partial charge in [0.2, 0.25) is 0 Å². The van der Waals surface area contributed by atoms with Crippen molar-refractivity contribution in [1.29, 1.82) is 0 Å². The van der Waals surface area contributed by atoms with Gasteiger partial charge in [-0.15, -0.1) is 0 Å². The lowest BCUT2D eigenvalue weighted by Crippen LogP contribution is -2.48. The van der Waals surface area contributed by atoms with Gasteiger partial charge in [0.15, 0.2) is 0 Å². The molecule has 1 heterocycles. The van der Waals surface area contributed by atoms with E-state index in [1.807, 2.05) is 41.5 Å². The molecule has 104 valence electrons. The first-order valence-electron chi connectivity index (χ1n) is 6.60. The summed E-state index contributed by atoms with van der Waals surface area (Å²) in [7, 11) is -1.82. The third kappa shape index (κ3) is 3.10. The van der Waals surface area contributed by atoms with Crippen LogP contribution in [0.5, 0.6) is 0 Å². The predicted octanol–water partition coefficient (Wildman–Crippen LogP) is 2.09. The van der Waals surface area contributed by atoms with Crippen molar-refractivity contribution in [2.45, 2.75) is 72.2 Å². The Kier molecular flexibility index (Phi) is 4.29. The molecular weight excluding hydrogens is 230 g/mol. The molecule has 0 atom stereocenters. The normalized spacial score (nSPS) is 22.7. The minimum atomic E-state index is -1.08. The first-order chi connectivity index (χ1) is 7.89. The molecule has 1 rings (SSSR count). The maximum absolute atomic E-state index is 10.1. The van der Waals surface area contributed by atoms with Gasteiger partial charge in [-0.05, 0) is 47.5 Å². The fourth-order valence-electron chi connectivity index (χ4n) is 1.51. The van der Waals surface area contributed by atoms with Crippen LogP contribution in [0.2, 0.25) is 0 Å². The minimum Gasteiger partial charge on any atom is -0.429 e. The van der Waals surface area contributed by atoms with Gasteiger partial charge in [0.1, 0.15) is 0 Å². The van der Waals surface area contributed by atoms with E-state index in [2.05, 4.69) is 13.8 Å². The Labute approximate surface area is 112 Å². The zero-order chi connectivity index (χ0) is 14.4. The van der Waals surface area contributed by atoms with Gasteiger partial charge in [-0.25, -0.2) is 0 Å². The van der Waals surface area contributed by atoms with Crippen molar-refractivity contribution in [3.05, 3.63) is 0 Å². The first kappa shape index (κ1) is 16.0. The average Bonchev–Trinajstić information content (AvgIpc) is 2.35. The topological polar surface area (TPSA) is 47.9 Å². The van der Waals surface area contributed by atoms with E-state index in [-0.39, 0.29) is 5.92 Å². The van der Waals surface area contributed by atoms with Crippen LogP contribution in [0.4, 0.5) is 0 Å². The van der Waals surface area contributed by atoms with Crippen LogP contribution < -0.4 is 0 Å². The molecule has 4 nitrogen and oxygen atoms in total. The Morgan fingerprint density at radius 2 is 1.50 bits per heavy atom. The molecule has 0 aromatic heterocycles. The van der Waals surface area contributed by atoms with E-state index in [4.69, 9.17) is 14.0 Å². The van der Waals surface area contributed by atoms with Gasteiger partial charge >= 0.3 is 14.0 Å². The molecule has 0 aromatic carbocycles. The van der Waals surface area contributed by atoms with E-state index in [1.165, 1.54) is 0 Å². The number of rotatable bonds is 4. The molecule has 1 N–H and O–H groups in total. The van der Waals surface area contributed by atoms with Crippen LogP contribution in [0, 0.1) is 5.92 Å². The summed E-state index contributed by atoms with van der Waals surface area (Å²) in [5.41, 5.74) is -1.34. The van der Waals surface area contributed by atoms with Crippen LogP contribution in [-0.2, 0) is 14.0 Å². The summed E-state index contributed by atoms with van der Waals surface area (Å²) >= 11 is 0. The summed E-state index contributed by atoms with van der Waals surface area (Å²) in [6.07, 6.45) is 0. The molecule has 0 spiro atoms. The lowest BCUT2D eigenvalue weighted by Gasteiger charge is -2.32. The van der Waals surface area contributed by atoms with Crippen molar-refractivity contribution in [2.24, 2.45) is 5.92 Å². The molecule has 0 saturated carbocycles. The molecule has 0 unspecified atom stereocenters. The van der Waals surface area contributed by atoms with Crippen molar-refractivity contribution in [1.82, 2.24) is 0 Å². The zero-order valence-corrected chi connectivity index (χ0v) is 12.9. The third-order valence-corrected chi connectivity index (χ3v) is 4.32. The lowest BCUT2D eigenvalue weighted by atomic mass is 9.48. The first-order valence-corrected chi connectivity index (χ1v) is 6.60. The molecule has 18 heavy (non-hydrogen) atoms. The standard InChI is InChI=1S/C12H26B2O4/c1-9(2)10(3,4)16-13(15)14-17-11(5,6)12(7,8)18-14/h9,15H,1-8H3. The quantitative estimate of drug-likeness (QED) is 0.782. The van der Waals surface area contributed by atoms with E-state index in [0.29, 0.717) is 0 Å². The molecule has 1 aliphatic rings.